The van der Waals surface area contributed by atoms with Crippen molar-refractivity contribution in [2.24, 2.45) is 5.92 Å². The molecule has 1 atom stereocenters. The maximum Gasteiger partial charge on any atom is 0.303 e. The molecule has 6 heteroatoms. The number of amides is 1. The van der Waals surface area contributed by atoms with E-state index in [9.17, 15) is 9.59 Å². The molecule has 0 bridgehead atoms. The van der Waals surface area contributed by atoms with Crippen molar-refractivity contribution >= 4 is 23.5 Å². The number of hydrogen-bond acceptors (Lipinski definition) is 3. The zero-order valence-electron chi connectivity index (χ0n) is 9.31. The van der Waals surface area contributed by atoms with Crippen LogP contribution in [-0.2, 0) is 4.79 Å². The summed E-state index contributed by atoms with van der Waals surface area (Å²) in [6.07, 6.45) is 2.88. The number of halogens is 1. The predicted octanol–water partition coefficient (Wildman–Crippen LogP) is 1.58. The van der Waals surface area contributed by atoms with Crippen LogP contribution in [0.4, 0.5) is 0 Å². The Labute approximate surface area is 104 Å². The average molecular weight is 257 g/mol. The quantitative estimate of drug-likeness (QED) is 0.838. The number of nitrogens with zero attached hydrogens (tertiary/aromatic N) is 1. The Hall–Kier alpha value is -1.62. The number of hydrogen-bond donors (Lipinski definition) is 2. The summed E-state index contributed by atoms with van der Waals surface area (Å²) in [5, 5.41) is 11.5. The Kier molecular flexibility index (Phi) is 4.90. The Morgan fingerprint density at radius 2 is 2.29 bits per heavy atom. The first-order valence-corrected chi connectivity index (χ1v) is 5.48. The van der Waals surface area contributed by atoms with Crippen molar-refractivity contribution < 1.29 is 14.7 Å². The molecule has 1 unspecified atom stereocenters. The molecule has 1 aromatic rings. The average Bonchev–Trinajstić information content (AvgIpc) is 2.25. The van der Waals surface area contributed by atoms with E-state index in [0.29, 0.717) is 12.1 Å². The second-order valence-electron chi connectivity index (χ2n) is 3.77. The SMILES string of the molecule is CC(CNC(=O)c1ccncc1Cl)CC(=O)O. The van der Waals surface area contributed by atoms with E-state index in [1.807, 2.05) is 0 Å². The van der Waals surface area contributed by atoms with Crippen molar-refractivity contribution in [2.75, 3.05) is 6.54 Å². The number of carboxylic acid groups (broad SMARTS) is 1. The molecule has 0 aliphatic carbocycles. The Balaban J connectivity index is 2.51. The zero-order valence-corrected chi connectivity index (χ0v) is 10.1. The summed E-state index contributed by atoms with van der Waals surface area (Å²) in [5.74, 6) is -1.33. The fraction of sp³-hybridized carbons (Fsp3) is 0.364. The summed E-state index contributed by atoms with van der Waals surface area (Å²) in [7, 11) is 0. The molecular formula is C11H13ClN2O3. The van der Waals surface area contributed by atoms with Crippen LogP contribution in [0.3, 0.4) is 0 Å². The molecule has 1 rings (SSSR count). The molecule has 92 valence electrons. The minimum absolute atomic E-state index is 0.0182. The minimum Gasteiger partial charge on any atom is -0.481 e. The molecule has 1 aromatic heterocycles. The second kappa shape index (κ2) is 6.20. The number of carbonyl (C=O) groups excluding carboxylic acids is 1. The Morgan fingerprint density at radius 1 is 1.59 bits per heavy atom. The molecule has 1 heterocycles. The van der Waals surface area contributed by atoms with Gasteiger partial charge in [0.25, 0.3) is 5.91 Å². The topological polar surface area (TPSA) is 79.3 Å². The van der Waals surface area contributed by atoms with Crippen molar-refractivity contribution in [3.05, 3.63) is 29.0 Å². The summed E-state index contributed by atoms with van der Waals surface area (Å²) in [4.78, 5) is 25.9. The maximum absolute atomic E-state index is 11.7. The lowest BCUT2D eigenvalue weighted by molar-refractivity contribution is -0.137. The molecule has 0 radical (unpaired) electrons. The molecule has 2 N–H and O–H groups in total. The van der Waals surface area contributed by atoms with Gasteiger partial charge in [-0.15, -0.1) is 0 Å². The van der Waals surface area contributed by atoms with Crippen molar-refractivity contribution in [1.29, 1.82) is 0 Å². The highest BCUT2D eigenvalue weighted by atomic mass is 35.5. The largest absolute Gasteiger partial charge is 0.481 e. The van der Waals surface area contributed by atoms with Crippen LogP contribution in [0, 0.1) is 5.92 Å². The third-order valence-corrected chi connectivity index (χ3v) is 2.45. The molecule has 0 aliphatic heterocycles. The lowest BCUT2D eigenvalue weighted by atomic mass is 10.1. The number of aromatic nitrogens is 1. The van der Waals surface area contributed by atoms with Crippen LogP contribution < -0.4 is 5.32 Å². The molecule has 1 amide bonds. The van der Waals surface area contributed by atoms with Crippen molar-refractivity contribution in [3.63, 3.8) is 0 Å². The van der Waals surface area contributed by atoms with Gasteiger partial charge < -0.3 is 10.4 Å². The van der Waals surface area contributed by atoms with Gasteiger partial charge in [-0.1, -0.05) is 18.5 Å². The highest BCUT2D eigenvalue weighted by Gasteiger charge is 2.12. The van der Waals surface area contributed by atoms with E-state index < -0.39 is 5.97 Å². The lowest BCUT2D eigenvalue weighted by Crippen LogP contribution is -2.29. The van der Waals surface area contributed by atoms with E-state index in [4.69, 9.17) is 16.7 Å². The van der Waals surface area contributed by atoms with Gasteiger partial charge in [0, 0.05) is 25.4 Å². The second-order valence-corrected chi connectivity index (χ2v) is 4.18. The fourth-order valence-corrected chi connectivity index (χ4v) is 1.50. The number of aliphatic carboxylic acids is 1. The molecule has 5 nitrogen and oxygen atoms in total. The number of nitrogens with one attached hydrogen (secondary N) is 1. The Morgan fingerprint density at radius 3 is 2.88 bits per heavy atom. The van der Waals surface area contributed by atoms with Crippen molar-refractivity contribution in [3.8, 4) is 0 Å². The Bertz CT molecular complexity index is 423. The molecular weight excluding hydrogens is 244 g/mol. The number of carboxylic acids is 1. The predicted molar refractivity (Wildman–Crippen MR) is 63.0 cm³/mol. The van der Waals surface area contributed by atoms with Gasteiger partial charge in [-0.3, -0.25) is 14.6 Å². The van der Waals surface area contributed by atoms with Crippen LogP contribution in [0.1, 0.15) is 23.7 Å². The summed E-state index contributed by atoms with van der Waals surface area (Å²) in [5.41, 5.74) is 0.337. The van der Waals surface area contributed by atoms with Crippen LogP contribution in [0.5, 0.6) is 0 Å². The van der Waals surface area contributed by atoms with Gasteiger partial charge in [-0.25, -0.2) is 0 Å². The first-order chi connectivity index (χ1) is 8.00. The zero-order chi connectivity index (χ0) is 12.8. The van der Waals surface area contributed by atoms with Crippen LogP contribution >= 0.6 is 11.6 Å². The van der Waals surface area contributed by atoms with Gasteiger partial charge in [-0.2, -0.15) is 0 Å². The van der Waals surface area contributed by atoms with E-state index in [-0.39, 0.29) is 23.3 Å². The van der Waals surface area contributed by atoms with Crippen molar-refractivity contribution in [2.45, 2.75) is 13.3 Å². The standard InChI is InChI=1S/C11H13ClN2O3/c1-7(4-10(15)16)5-14-11(17)8-2-3-13-6-9(8)12/h2-3,6-7H,4-5H2,1H3,(H,14,17)(H,15,16). The first kappa shape index (κ1) is 13.4. The van der Waals surface area contributed by atoms with Gasteiger partial charge in [0.15, 0.2) is 0 Å². The van der Waals surface area contributed by atoms with Crippen LogP contribution in [0.2, 0.25) is 5.02 Å². The van der Waals surface area contributed by atoms with E-state index in [0.717, 1.165) is 0 Å². The number of pyridine rings is 1. The highest BCUT2D eigenvalue weighted by molar-refractivity contribution is 6.33. The minimum atomic E-state index is -0.881. The van der Waals surface area contributed by atoms with Gasteiger partial charge in [0.05, 0.1) is 10.6 Å². The van der Waals surface area contributed by atoms with Crippen LogP contribution in [0.25, 0.3) is 0 Å². The van der Waals surface area contributed by atoms with Gasteiger partial charge in [0.1, 0.15) is 0 Å². The lowest BCUT2D eigenvalue weighted by Gasteiger charge is -2.10. The smallest absolute Gasteiger partial charge is 0.303 e. The number of carbonyl (C=O) groups is 2. The van der Waals surface area contributed by atoms with E-state index in [1.165, 1.54) is 18.5 Å². The molecule has 0 saturated carbocycles. The highest BCUT2D eigenvalue weighted by Crippen LogP contribution is 2.13. The van der Waals surface area contributed by atoms with E-state index in [2.05, 4.69) is 10.3 Å². The summed E-state index contributed by atoms with van der Waals surface area (Å²) in [6, 6.07) is 1.51. The third kappa shape index (κ3) is 4.40. The van der Waals surface area contributed by atoms with Gasteiger partial charge >= 0.3 is 5.97 Å². The van der Waals surface area contributed by atoms with Crippen LogP contribution in [-0.4, -0.2) is 28.5 Å². The summed E-state index contributed by atoms with van der Waals surface area (Å²) >= 11 is 5.80. The first-order valence-electron chi connectivity index (χ1n) is 5.10. The molecule has 0 aliphatic rings. The molecule has 0 fully saturated rings. The number of rotatable bonds is 5. The van der Waals surface area contributed by atoms with E-state index >= 15 is 0 Å². The monoisotopic (exact) mass is 256 g/mol. The normalized spacial score (nSPS) is 11.9. The maximum atomic E-state index is 11.7. The third-order valence-electron chi connectivity index (χ3n) is 2.15. The molecule has 17 heavy (non-hydrogen) atoms. The van der Waals surface area contributed by atoms with Crippen molar-refractivity contribution in [1.82, 2.24) is 10.3 Å². The summed E-state index contributed by atoms with van der Waals surface area (Å²) in [6.45, 7) is 2.05. The summed E-state index contributed by atoms with van der Waals surface area (Å²) < 4.78 is 0. The van der Waals surface area contributed by atoms with Crippen LogP contribution in [0.15, 0.2) is 18.5 Å². The van der Waals surface area contributed by atoms with Gasteiger partial charge in [-0.05, 0) is 12.0 Å². The van der Waals surface area contributed by atoms with Gasteiger partial charge in [0.2, 0.25) is 0 Å². The molecule has 0 saturated heterocycles. The molecule has 0 aromatic carbocycles. The van der Waals surface area contributed by atoms with E-state index in [1.54, 1.807) is 6.92 Å². The molecule has 0 spiro atoms. The fourth-order valence-electron chi connectivity index (χ4n) is 1.29.